The number of hydrogen-bond donors (Lipinski definition) is 4. The molecule has 0 radical (unpaired) electrons. The fourth-order valence-electron chi connectivity index (χ4n) is 14.5. The largest absolute Gasteiger partial charge is 0.462 e. The first-order chi connectivity index (χ1) is 42.0. The number of cyclic esters (lactones) is 1. The summed E-state index contributed by atoms with van der Waals surface area (Å²) in [6, 6.07) is 11.6. The molecule has 478 valence electrons. The number of fused-ring (bicyclic) bond motifs is 7. The fraction of sp³-hybridized carbons (Fsp3) is 0.618. The highest BCUT2D eigenvalue weighted by Gasteiger charge is 2.60. The Balaban J connectivity index is 0.000000253. The topological polar surface area (TPSA) is 251 Å². The third-order valence-electron chi connectivity index (χ3n) is 19.9. The van der Waals surface area contributed by atoms with Gasteiger partial charge in [-0.25, -0.2) is 9.78 Å². The van der Waals surface area contributed by atoms with Gasteiger partial charge in [-0.3, -0.25) is 9.59 Å². The summed E-state index contributed by atoms with van der Waals surface area (Å²) >= 11 is 0. The zero-order valence-electron chi connectivity index (χ0n) is 52.4. The Morgan fingerprint density at radius 3 is 2.34 bits per heavy atom. The highest BCUT2D eigenvalue weighted by Crippen LogP contribution is 2.48. The number of nitrogens with zero attached hydrogens (tertiary/aromatic N) is 2. The number of aliphatic hydroxyl groups excluding tert-OH is 2. The minimum atomic E-state index is -1.84. The summed E-state index contributed by atoms with van der Waals surface area (Å²) in [6.07, 6.45) is 8.69. The van der Waals surface area contributed by atoms with E-state index in [0.29, 0.717) is 66.6 Å². The maximum Gasteiger partial charge on any atom is 0.343 e. The van der Waals surface area contributed by atoms with Crippen molar-refractivity contribution in [2.24, 2.45) is 23.7 Å². The van der Waals surface area contributed by atoms with Crippen molar-refractivity contribution in [1.29, 1.82) is 0 Å². The van der Waals surface area contributed by atoms with Gasteiger partial charge in [0.25, 0.3) is 5.56 Å². The first kappa shape index (κ1) is 64.2. The summed E-state index contributed by atoms with van der Waals surface area (Å²) < 4.78 is 70.4. The lowest BCUT2D eigenvalue weighted by Gasteiger charge is -2.48. The van der Waals surface area contributed by atoms with Crippen LogP contribution in [-0.2, 0) is 80.4 Å². The molecule has 12 rings (SSSR count). The van der Waals surface area contributed by atoms with Gasteiger partial charge in [-0.1, -0.05) is 95.7 Å². The van der Waals surface area contributed by atoms with Crippen molar-refractivity contribution in [3.8, 4) is 11.4 Å². The predicted molar refractivity (Wildman–Crippen MR) is 322 cm³/mol. The van der Waals surface area contributed by atoms with Crippen LogP contribution in [0.1, 0.15) is 124 Å². The average molecular weight is 1220 g/mol. The molecule has 1 spiro atoms. The van der Waals surface area contributed by atoms with Crippen molar-refractivity contribution in [2.45, 2.75) is 223 Å². The number of aliphatic hydroxyl groups is 4. The maximum atomic E-state index is 14.3. The van der Waals surface area contributed by atoms with E-state index in [9.17, 15) is 34.8 Å². The van der Waals surface area contributed by atoms with Crippen molar-refractivity contribution in [2.75, 3.05) is 20.8 Å². The molecule has 21 atom stereocenters. The zero-order chi connectivity index (χ0) is 62.7. The minimum absolute atomic E-state index is 0.0317. The van der Waals surface area contributed by atoms with Crippen LogP contribution in [0, 0.1) is 23.7 Å². The SMILES string of the molecule is CCC(C)C1OC2(C=CC1C)CC1CC(CC=C(C)C(OC3CC(OC)C(OC4CC(OC)C(O)C(C)O4)C(C)O3)C(C)C=CC=C3COC4C(O)C(C)=CC(C(=O)O1)C34O)O2.CCC1(O)C(=O)OCc2c1cc1n(c2=O)Cc2cc3ccccc3nc2-1. The Morgan fingerprint density at radius 2 is 1.59 bits per heavy atom. The molecule has 21 unspecified atom stereocenters. The lowest BCUT2D eigenvalue weighted by molar-refractivity contribution is -0.318. The van der Waals surface area contributed by atoms with Crippen LogP contribution >= 0.6 is 0 Å². The van der Waals surface area contributed by atoms with Crippen molar-refractivity contribution >= 4 is 22.8 Å². The summed E-state index contributed by atoms with van der Waals surface area (Å²) in [5.41, 5.74) is 1.95. The van der Waals surface area contributed by atoms with Crippen molar-refractivity contribution in [3.05, 3.63) is 123 Å². The number of carbonyl (C=O) groups excluding carboxylic acids is 2. The third kappa shape index (κ3) is 12.0. The maximum absolute atomic E-state index is 14.3. The molecule has 2 aromatic heterocycles. The molecule has 10 heterocycles. The zero-order valence-corrected chi connectivity index (χ0v) is 52.4. The summed E-state index contributed by atoms with van der Waals surface area (Å²) in [7, 11) is 3.22. The number of benzene rings is 1. The second kappa shape index (κ2) is 25.8. The second-order valence-corrected chi connectivity index (χ2v) is 25.7. The molecule has 4 fully saturated rings. The molecule has 0 amide bonds. The average Bonchev–Trinajstić information content (AvgIpc) is 1.59. The Kier molecular flexibility index (Phi) is 18.8. The monoisotopic (exact) mass is 1220 g/mol. The lowest BCUT2D eigenvalue weighted by Crippen LogP contribution is -2.58. The highest BCUT2D eigenvalue weighted by molar-refractivity contribution is 5.86. The summed E-state index contributed by atoms with van der Waals surface area (Å²) in [6.45, 7) is 18.1. The second-order valence-electron chi connectivity index (χ2n) is 25.7. The molecule has 3 aromatic rings. The smallest absolute Gasteiger partial charge is 0.343 e. The van der Waals surface area contributed by atoms with Gasteiger partial charge in [0.15, 0.2) is 24.0 Å². The van der Waals surface area contributed by atoms with Gasteiger partial charge in [0, 0.05) is 68.3 Å². The van der Waals surface area contributed by atoms with Crippen molar-refractivity contribution in [1.82, 2.24) is 9.55 Å². The number of para-hydroxylation sites is 1. The quantitative estimate of drug-likeness (QED) is 0.0937. The molecule has 20 nitrogen and oxygen atoms in total. The Hall–Kier alpha value is -5.30. The minimum Gasteiger partial charge on any atom is -0.462 e. The number of aromatic nitrogens is 2. The van der Waals surface area contributed by atoms with E-state index in [0.717, 1.165) is 34.2 Å². The molecule has 4 saturated heterocycles. The summed E-state index contributed by atoms with van der Waals surface area (Å²) in [4.78, 5) is 44.2. The van der Waals surface area contributed by atoms with Crippen molar-refractivity contribution < 1.29 is 82.1 Å². The first-order valence-corrected chi connectivity index (χ1v) is 31.4. The number of ether oxygens (including phenoxy) is 11. The van der Waals surface area contributed by atoms with Crippen LogP contribution in [0.2, 0.25) is 0 Å². The molecule has 0 saturated carbocycles. The molecule has 88 heavy (non-hydrogen) atoms. The molecule has 2 bridgehead atoms. The van der Waals surface area contributed by atoms with Gasteiger partial charge in [-0.05, 0) is 87.4 Å². The van der Waals surface area contributed by atoms with Crippen LogP contribution in [0.4, 0.5) is 0 Å². The van der Waals surface area contributed by atoms with E-state index >= 15 is 0 Å². The van der Waals surface area contributed by atoms with Crippen LogP contribution in [-0.4, -0.2) is 160 Å². The Labute approximate surface area is 514 Å². The van der Waals surface area contributed by atoms with Crippen LogP contribution in [0.25, 0.3) is 22.3 Å². The molecule has 1 aliphatic carbocycles. The first-order valence-electron chi connectivity index (χ1n) is 31.4. The highest BCUT2D eigenvalue weighted by atomic mass is 16.7. The van der Waals surface area contributed by atoms with Gasteiger partial charge in [0.05, 0.1) is 78.3 Å². The van der Waals surface area contributed by atoms with Crippen LogP contribution in [0.3, 0.4) is 0 Å². The van der Waals surface area contributed by atoms with Crippen LogP contribution < -0.4 is 5.56 Å². The molecular formula is C68H88N2O18. The summed E-state index contributed by atoms with van der Waals surface area (Å²) in [5.74, 6) is -3.27. The molecule has 20 heteroatoms. The van der Waals surface area contributed by atoms with E-state index in [1.165, 1.54) is 0 Å². The van der Waals surface area contributed by atoms with Crippen LogP contribution in [0.15, 0.2) is 100 Å². The number of allylic oxidation sites excluding steroid dienone is 2. The van der Waals surface area contributed by atoms with Gasteiger partial charge in [0.1, 0.15) is 48.6 Å². The molecule has 9 aliphatic rings. The van der Waals surface area contributed by atoms with E-state index in [1.807, 2.05) is 62.4 Å². The molecule has 4 N–H and O–H groups in total. The van der Waals surface area contributed by atoms with Gasteiger partial charge < -0.3 is 77.1 Å². The van der Waals surface area contributed by atoms with Gasteiger partial charge in [-0.2, -0.15) is 0 Å². The number of methoxy groups -OCH3 is 2. The van der Waals surface area contributed by atoms with E-state index in [4.69, 9.17) is 57.1 Å². The number of esters is 2. The Bertz CT molecular complexity index is 3320. The summed E-state index contributed by atoms with van der Waals surface area (Å²) in [5, 5.41) is 46.1. The Morgan fingerprint density at radius 1 is 0.852 bits per heavy atom. The standard InChI is InChI=1S/C48H72O14.C20H16N2O4/c1-11-25(2)43-28(5)17-18-47(62-43)23-34-20-33(61-47)16-15-27(4)42(26(3)13-12-14-32-24-55-45-40(49)29(6)19-35(46(51)58-34)48(32,45)52)59-39-22-37(54-10)44(31(8)57-39)60-38-21-36(53-9)41(50)30(7)56-38;1-2-20(25)14-8-16-17-12(7-11-5-3-4-6-15(11)21-17)9-22(16)18(23)13(14)10-26-19(20)24/h12-15,17-19,25-26,28,30-31,33-45,49-50,52H,11,16,20-24H2,1-10H3;3-8,25H,2,9-10H2,1H3. The molecular weight excluding hydrogens is 1130 g/mol. The third-order valence-corrected chi connectivity index (χ3v) is 19.9. The predicted octanol–water partition coefficient (Wildman–Crippen LogP) is 7.46. The number of rotatable bonds is 9. The van der Waals surface area contributed by atoms with Gasteiger partial charge >= 0.3 is 11.9 Å². The van der Waals surface area contributed by atoms with Crippen molar-refractivity contribution in [3.63, 3.8) is 0 Å². The normalized spacial score (nSPS) is 39.1. The van der Waals surface area contributed by atoms with Crippen LogP contribution in [0.5, 0.6) is 0 Å². The fourth-order valence-corrected chi connectivity index (χ4v) is 14.5. The van der Waals surface area contributed by atoms with Gasteiger partial charge in [0.2, 0.25) is 0 Å². The number of hydrogen-bond acceptors (Lipinski definition) is 19. The van der Waals surface area contributed by atoms with E-state index < -0.39 is 102 Å². The van der Waals surface area contributed by atoms with E-state index in [2.05, 4.69) is 39.8 Å². The number of carbonyl (C=O) groups is 2. The van der Waals surface area contributed by atoms with E-state index in [1.54, 1.807) is 57.8 Å². The van der Waals surface area contributed by atoms with E-state index in [-0.39, 0.29) is 61.3 Å². The molecule has 1 aromatic carbocycles. The van der Waals surface area contributed by atoms with Gasteiger partial charge in [-0.15, -0.1) is 0 Å². The number of pyridine rings is 2. The lowest BCUT2D eigenvalue weighted by atomic mass is 9.71. The molecule has 8 aliphatic heterocycles.